The number of nitrogens with zero attached hydrogens (tertiary/aromatic N) is 1. The second-order valence-corrected chi connectivity index (χ2v) is 9.11. The van der Waals surface area contributed by atoms with E-state index in [1.807, 2.05) is 0 Å². The maximum atomic E-state index is 12.6. The summed E-state index contributed by atoms with van der Waals surface area (Å²) < 4.78 is 7.37. The molecule has 30 heavy (non-hydrogen) atoms. The fraction of sp³-hybridized carbons (Fsp3) is 0.789. The summed E-state index contributed by atoms with van der Waals surface area (Å²) in [6, 6.07) is 0. The number of rotatable bonds is 7. The van der Waals surface area contributed by atoms with Crippen molar-refractivity contribution in [2.75, 3.05) is 13.1 Å². The van der Waals surface area contributed by atoms with Crippen LogP contribution in [-0.4, -0.2) is 95.4 Å². The van der Waals surface area contributed by atoms with Crippen LogP contribution in [0.25, 0.3) is 0 Å². The number of hydrogen-bond acceptors (Lipinski definition) is 11. The first-order valence-corrected chi connectivity index (χ1v) is 10.6. The topological polar surface area (TPSA) is 162 Å². The number of ketones is 4. The molecule has 2 fully saturated rings. The molecular formula is C19H29NO9S. The maximum absolute atomic E-state index is 12.6. The third-order valence-corrected chi connectivity index (χ3v) is 7.28. The van der Waals surface area contributed by atoms with E-state index in [0.29, 0.717) is 13.1 Å². The minimum Gasteiger partial charge on any atom is -0.382 e. The molecule has 2 aliphatic rings. The normalized spacial score (nSPS) is 38.7. The van der Waals surface area contributed by atoms with Gasteiger partial charge in [0.1, 0.15) is 12.2 Å². The smallest absolute Gasteiger partial charge is 0.200 e. The molecule has 170 valence electrons. The molecule has 2 rings (SSSR count). The van der Waals surface area contributed by atoms with Gasteiger partial charge in [-0.05, 0) is 52.5 Å². The minimum atomic E-state index is -3.37. The van der Waals surface area contributed by atoms with Crippen LogP contribution < -0.4 is 0 Å². The van der Waals surface area contributed by atoms with E-state index in [1.165, 1.54) is 0 Å². The van der Waals surface area contributed by atoms with Crippen molar-refractivity contribution in [1.82, 2.24) is 4.31 Å². The molecule has 11 heteroatoms. The number of ether oxygens (including phenoxy) is 1. The van der Waals surface area contributed by atoms with E-state index in [4.69, 9.17) is 4.74 Å². The van der Waals surface area contributed by atoms with Gasteiger partial charge in [0.05, 0.1) is 0 Å². The van der Waals surface area contributed by atoms with E-state index in [-0.39, 0.29) is 0 Å². The number of hydrogen-bond donors (Lipinski definition) is 4. The van der Waals surface area contributed by atoms with E-state index in [0.717, 1.165) is 58.9 Å². The summed E-state index contributed by atoms with van der Waals surface area (Å²) in [5.74, 6) is -4.57. The molecule has 0 spiro atoms. The van der Waals surface area contributed by atoms with Gasteiger partial charge in [-0.1, -0.05) is 6.42 Å². The molecule has 0 aromatic carbocycles. The average molecular weight is 448 g/mol. The highest BCUT2D eigenvalue weighted by atomic mass is 32.2. The molecule has 2 saturated heterocycles. The van der Waals surface area contributed by atoms with E-state index in [9.17, 15) is 39.6 Å². The molecule has 0 amide bonds. The lowest BCUT2D eigenvalue weighted by atomic mass is 9.60. The van der Waals surface area contributed by atoms with Crippen molar-refractivity contribution in [2.45, 2.75) is 81.4 Å². The summed E-state index contributed by atoms with van der Waals surface area (Å²) in [5, 5.41) is 44.4. The van der Waals surface area contributed by atoms with Crippen LogP contribution >= 0.6 is 11.9 Å². The van der Waals surface area contributed by atoms with Crippen molar-refractivity contribution in [2.24, 2.45) is 0 Å². The number of aliphatic hydroxyl groups excluding tert-OH is 1. The molecule has 0 bridgehead atoms. The number of aliphatic hydroxyl groups is 4. The summed E-state index contributed by atoms with van der Waals surface area (Å²) in [6.45, 7) is 4.59. The van der Waals surface area contributed by atoms with Gasteiger partial charge in [0.2, 0.25) is 5.60 Å². The Morgan fingerprint density at radius 2 is 1.40 bits per heavy atom. The Hall–Kier alpha value is -1.21. The first-order chi connectivity index (χ1) is 13.8. The van der Waals surface area contributed by atoms with E-state index in [1.54, 1.807) is 4.31 Å². The highest BCUT2D eigenvalue weighted by Gasteiger charge is 2.79. The van der Waals surface area contributed by atoms with Gasteiger partial charge >= 0.3 is 0 Å². The number of carbonyl (C=O) groups is 4. The second kappa shape index (κ2) is 8.73. The van der Waals surface area contributed by atoms with Crippen LogP contribution in [-0.2, 0) is 23.9 Å². The van der Waals surface area contributed by atoms with Crippen LogP contribution in [0.5, 0.6) is 0 Å². The van der Waals surface area contributed by atoms with Crippen LogP contribution in [0, 0.1) is 0 Å². The minimum absolute atomic E-state index is 0.563. The summed E-state index contributed by atoms with van der Waals surface area (Å²) in [6.07, 6.45) is -1.57. The highest BCUT2D eigenvalue weighted by molar-refractivity contribution is 7.97. The standard InChI is InChI=1S/C19H29NO9S/c1-10(21)14(25)15-17(26,11(2)22)19(28,13(4)24)18(27,12(3)23)16(29-15)30-20-8-6-5-7-9-20/h14-16,25-28H,5-9H2,1-4H3/t14?,15-,16+,17+,18+,19+/m1/s1. The Morgan fingerprint density at radius 1 is 0.900 bits per heavy atom. The third-order valence-electron chi connectivity index (χ3n) is 5.97. The van der Waals surface area contributed by atoms with Gasteiger partial charge in [-0.15, -0.1) is 0 Å². The lowest BCUT2D eigenvalue weighted by Crippen LogP contribution is -2.86. The molecular weight excluding hydrogens is 418 g/mol. The summed E-state index contributed by atoms with van der Waals surface area (Å²) >= 11 is 0.825. The zero-order chi connectivity index (χ0) is 23.1. The van der Waals surface area contributed by atoms with Crippen molar-refractivity contribution in [3.63, 3.8) is 0 Å². The van der Waals surface area contributed by atoms with Crippen LogP contribution in [0.3, 0.4) is 0 Å². The summed E-state index contributed by atoms with van der Waals surface area (Å²) in [5.41, 5.74) is -11.3. The summed E-state index contributed by atoms with van der Waals surface area (Å²) in [7, 11) is 0. The Morgan fingerprint density at radius 3 is 1.80 bits per heavy atom. The van der Waals surface area contributed by atoms with Gasteiger partial charge in [0.15, 0.2) is 39.8 Å². The Balaban J connectivity index is 2.72. The molecule has 4 N–H and O–H groups in total. The predicted molar refractivity (Wildman–Crippen MR) is 105 cm³/mol. The first-order valence-electron chi connectivity index (χ1n) is 9.72. The highest BCUT2D eigenvalue weighted by Crippen LogP contribution is 2.50. The predicted octanol–water partition coefficient (Wildman–Crippen LogP) is -1.24. The van der Waals surface area contributed by atoms with Gasteiger partial charge in [0, 0.05) is 13.1 Å². The van der Waals surface area contributed by atoms with Gasteiger partial charge in [0.25, 0.3) is 0 Å². The molecule has 0 aliphatic carbocycles. The zero-order valence-corrected chi connectivity index (χ0v) is 18.3. The molecule has 0 saturated carbocycles. The van der Waals surface area contributed by atoms with E-state index < -0.39 is 57.6 Å². The van der Waals surface area contributed by atoms with Crippen molar-refractivity contribution in [3.05, 3.63) is 0 Å². The second-order valence-electron chi connectivity index (χ2n) is 7.95. The van der Waals surface area contributed by atoms with Crippen LogP contribution in [0.2, 0.25) is 0 Å². The van der Waals surface area contributed by atoms with E-state index >= 15 is 0 Å². The molecule has 10 nitrogen and oxygen atoms in total. The van der Waals surface area contributed by atoms with Crippen molar-refractivity contribution in [1.29, 1.82) is 0 Å². The van der Waals surface area contributed by atoms with Crippen LogP contribution in [0.15, 0.2) is 0 Å². The molecule has 2 aliphatic heterocycles. The molecule has 1 unspecified atom stereocenters. The van der Waals surface area contributed by atoms with Gasteiger partial charge in [-0.2, -0.15) is 0 Å². The Kier molecular flexibility index (Phi) is 7.29. The molecule has 0 aromatic heterocycles. The van der Waals surface area contributed by atoms with Crippen molar-refractivity contribution < 1.29 is 44.3 Å². The Labute approximate surface area is 178 Å². The van der Waals surface area contributed by atoms with Crippen molar-refractivity contribution in [3.8, 4) is 0 Å². The van der Waals surface area contributed by atoms with Crippen molar-refractivity contribution >= 4 is 35.1 Å². The maximum Gasteiger partial charge on any atom is 0.200 e. The number of piperidine rings is 1. The zero-order valence-electron chi connectivity index (χ0n) is 17.5. The van der Waals surface area contributed by atoms with E-state index in [2.05, 4.69) is 0 Å². The largest absolute Gasteiger partial charge is 0.382 e. The quantitative estimate of drug-likeness (QED) is 0.345. The van der Waals surface area contributed by atoms with Crippen LogP contribution in [0.4, 0.5) is 0 Å². The van der Waals surface area contributed by atoms with Gasteiger partial charge in [-0.3, -0.25) is 19.2 Å². The average Bonchev–Trinajstić information content (AvgIpc) is 2.67. The molecule has 2 heterocycles. The van der Waals surface area contributed by atoms with Gasteiger partial charge in [-0.25, -0.2) is 4.31 Å². The first kappa shape index (κ1) is 25.1. The third kappa shape index (κ3) is 3.56. The molecule has 6 atom stereocenters. The Bertz CT molecular complexity index is 740. The van der Waals surface area contributed by atoms with Gasteiger partial charge < -0.3 is 25.2 Å². The van der Waals surface area contributed by atoms with Crippen LogP contribution in [0.1, 0.15) is 47.0 Å². The number of carbonyl (C=O) groups excluding carboxylic acids is 4. The summed E-state index contributed by atoms with van der Waals surface area (Å²) in [4.78, 5) is 49.5. The fourth-order valence-corrected chi connectivity index (χ4v) is 5.53. The SMILES string of the molecule is CC(=O)C(O)[C@H]1O[C@@H](SN2CCCCC2)[C@@](O)(C(C)=O)[C@](O)(C(C)=O)[C@]1(O)C(C)=O. The monoisotopic (exact) mass is 447 g/mol. The fourth-order valence-electron chi connectivity index (χ4n) is 4.13. The molecule has 0 radical (unpaired) electrons. The lowest BCUT2D eigenvalue weighted by Gasteiger charge is -2.58. The lowest BCUT2D eigenvalue weighted by molar-refractivity contribution is -0.312. The number of Topliss-reactive ketones (excluding diaryl/α,β-unsaturated/α-hetero) is 4. The molecule has 0 aromatic rings.